The standard InChI is InChI=1S/C35H31FN2O10/c1-22-17-27(36)11-16-30(22)32-31(21-45-18-23-5-3-2-4-6-23)26(19-46-33(39)24-7-12-28(13-8-24)37(41)42)20-47-35(32)48-34(40)25-9-14-29(15-10-25)38(43)44/h2-17,26,31-32,35H,18-21H2,1H3/t26-,31+,32-,35+/m1/s1. The fraction of sp³-hybridized carbons (Fsp3) is 0.257. The fourth-order valence-electron chi connectivity index (χ4n) is 5.62. The number of carbonyl (C=O) groups is 2. The number of rotatable bonds is 12. The highest BCUT2D eigenvalue weighted by molar-refractivity contribution is 5.90. The Morgan fingerprint density at radius 1 is 0.833 bits per heavy atom. The van der Waals surface area contributed by atoms with Crippen molar-refractivity contribution in [2.45, 2.75) is 25.7 Å². The Morgan fingerprint density at radius 2 is 1.44 bits per heavy atom. The van der Waals surface area contributed by atoms with Gasteiger partial charge in [0, 0.05) is 36.1 Å². The first kappa shape index (κ1) is 33.8. The topological polar surface area (TPSA) is 157 Å². The smallest absolute Gasteiger partial charge is 0.340 e. The van der Waals surface area contributed by atoms with Gasteiger partial charge < -0.3 is 18.9 Å². The molecule has 0 aromatic heterocycles. The maximum Gasteiger partial charge on any atom is 0.340 e. The second kappa shape index (κ2) is 15.4. The molecule has 0 N–H and O–H groups in total. The number of hydrogen-bond acceptors (Lipinski definition) is 10. The molecule has 1 aliphatic heterocycles. The Kier molecular flexibility index (Phi) is 10.8. The van der Waals surface area contributed by atoms with E-state index in [9.17, 15) is 34.2 Å². The first-order chi connectivity index (χ1) is 23.1. The molecular weight excluding hydrogens is 627 g/mol. The third-order valence-electron chi connectivity index (χ3n) is 8.13. The Morgan fingerprint density at radius 3 is 2.02 bits per heavy atom. The number of nitro benzene ring substituents is 2. The zero-order valence-corrected chi connectivity index (χ0v) is 25.7. The molecule has 5 rings (SSSR count). The molecule has 1 heterocycles. The highest BCUT2D eigenvalue weighted by Crippen LogP contribution is 2.42. The number of carbonyl (C=O) groups excluding carboxylic acids is 2. The van der Waals surface area contributed by atoms with E-state index >= 15 is 0 Å². The predicted octanol–water partition coefficient (Wildman–Crippen LogP) is 6.55. The Bertz CT molecular complexity index is 1770. The van der Waals surface area contributed by atoms with Gasteiger partial charge in [0.1, 0.15) is 5.82 Å². The Hall–Kier alpha value is -5.53. The number of hydrogen-bond donors (Lipinski definition) is 0. The van der Waals surface area contributed by atoms with E-state index < -0.39 is 51.6 Å². The maximum absolute atomic E-state index is 14.3. The fourth-order valence-corrected chi connectivity index (χ4v) is 5.62. The molecule has 1 fully saturated rings. The number of nitrogens with zero attached hydrogens (tertiary/aromatic N) is 2. The van der Waals surface area contributed by atoms with Gasteiger partial charge in [0.15, 0.2) is 0 Å². The van der Waals surface area contributed by atoms with Crippen molar-refractivity contribution in [1.29, 1.82) is 0 Å². The van der Waals surface area contributed by atoms with E-state index in [1.54, 1.807) is 13.0 Å². The number of benzene rings is 4. The molecule has 0 saturated carbocycles. The molecule has 4 aromatic rings. The largest absolute Gasteiger partial charge is 0.462 e. The number of halogens is 1. The average molecular weight is 659 g/mol. The molecule has 248 valence electrons. The Labute approximate surface area is 274 Å². The molecule has 0 unspecified atom stereocenters. The van der Waals surface area contributed by atoms with E-state index in [-0.39, 0.29) is 48.9 Å². The van der Waals surface area contributed by atoms with Crippen molar-refractivity contribution in [2.24, 2.45) is 11.8 Å². The lowest BCUT2D eigenvalue weighted by atomic mass is 9.75. The minimum absolute atomic E-state index is 0.0120. The predicted molar refractivity (Wildman–Crippen MR) is 169 cm³/mol. The van der Waals surface area contributed by atoms with Crippen LogP contribution in [0, 0.1) is 44.8 Å². The number of esters is 2. The normalized spacial score (nSPS) is 18.9. The van der Waals surface area contributed by atoms with Crippen LogP contribution in [0.4, 0.5) is 15.8 Å². The number of ether oxygens (including phenoxy) is 4. The molecular formula is C35H31FN2O10. The van der Waals surface area contributed by atoms with Gasteiger partial charge >= 0.3 is 11.9 Å². The third kappa shape index (κ3) is 8.24. The zero-order valence-electron chi connectivity index (χ0n) is 25.7. The van der Waals surface area contributed by atoms with E-state index in [0.29, 0.717) is 11.1 Å². The van der Waals surface area contributed by atoms with Crippen molar-refractivity contribution in [1.82, 2.24) is 0 Å². The summed E-state index contributed by atoms with van der Waals surface area (Å²) in [7, 11) is 0. The molecule has 0 amide bonds. The van der Waals surface area contributed by atoms with E-state index in [0.717, 1.165) is 5.56 Å². The van der Waals surface area contributed by atoms with Gasteiger partial charge in [-0.25, -0.2) is 14.0 Å². The number of non-ortho nitro benzene ring substituents is 2. The van der Waals surface area contributed by atoms with Crippen LogP contribution in [0.2, 0.25) is 0 Å². The summed E-state index contributed by atoms with van der Waals surface area (Å²) < 4.78 is 38.0. The van der Waals surface area contributed by atoms with Gasteiger partial charge in [-0.05, 0) is 60.0 Å². The van der Waals surface area contributed by atoms with Crippen LogP contribution in [0.1, 0.15) is 43.3 Å². The molecule has 1 saturated heterocycles. The summed E-state index contributed by atoms with van der Waals surface area (Å²) in [5.41, 5.74) is 1.93. The van der Waals surface area contributed by atoms with Crippen LogP contribution >= 0.6 is 0 Å². The molecule has 4 aromatic carbocycles. The summed E-state index contributed by atoms with van der Waals surface area (Å²) in [4.78, 5) is 47.1. The van der Waals surface area contributed by atoms with Gasteiger partial charge in [0.2, 0.25) is 6.29 Å². The summed E-state index contributed by atoms with van der Waals surface area (Å²) in [6.07, 6.45) is -1.18. The maximum atomic E-state index is 14.3. The SMILES string of the molecule is Cc1cc(F)ccc1[C@H]1[C@H](OC(=O)c2ccc([N+](=O)[O-])cc2)OC[C@@H](COC(=O)c2ccc([N+](=O)[O-])cc2)[C@@H]1COCc1ccccc1. The molecule has 0 radical (unpaired) electrons. The molecule has 13 heteroatoms. The minimum Gasteiger partial charge on any atom is -0.462 e. The monoisotopic (exact) mass is 658 g/mol. The molecule has 0 bridgehead atoms. The first-order valence-corrected chi connectivity index (χ1v) is 15.0. The van der Waals surface area contributed by atoms with Crippen LogP contribution in [0.5, 0.6) is 0 Å². The number of nitro groups is 2. The lowest BCUT2D eigenvalue weighted by Gasteiger charge is -2.42. The van der Waals surface area contributed by atoms with Crippen LogP contribution in [0.25, 0.3) is 0 Å². The second-order valence-corrected chi connectivity index (χ2v) is 11.3. The van der Waals surface area contributed by atoms with Crippen LogP contribution in [0.3, 0.4) is 0 Å². The lowest BCUT2D eigenvalue weighted by Crippen LogP contribution is -2.46. The van der Waals surface area contributed by atoms with Gasteiger partial charge in [-0.1, -0.05) is 36.4 Å². The van der Waals surface area contributed by atoms with Crippen molar-refractivity contribution in [3.8, 4) is 0 Å². The van der Waals surface area contributed by atoms with Crippen molar-refractivity contribution in [3.05, 3.63) is 151 Å². The molecule has 4 atom stereocenters. The molecule has 12 nitrogen and oxygen atoms in total. The van der Waals surface area contributed by atoms with E-state index in [1.807, 2.05) is 30.3 Å². The average Bonchev–Trinajstić information content (AvgIpc) is 3.08. The van der Waals surface area contributed by atoms with Crippen molar-refractivity contribution < 1.29 is 42.8 Å². The van der Waals surface area contributed by atoms with E-state index in [4.69, 9.17) is 18.9 Å². The van der Waals surface area contributed by atoms with E-state index in [2.05, 4.69) is 0 Å². The summed E-state index contributed by atoms with van der Waals surface area (Å²) in [6.45, 7) is 1.95. The summed E-state index contributed by atoms with van der Waals surface area (Å²) >= 11 is 0. The van der Waals surface area contributed by atoms with Crippen LogP contribution in [-0.2, 0) is 25.6 Å². The van der Waals surface area contributed by atoms with Gasteiger partial charge in [-0.15, -0.1) is 0 Å². The van der Waals surface area contributed by atoms with Crippen molar-refractivity contribution in [3.63, 3.8) is 0 Å². The van der Waals surface area contributed by atoms with Crippen molar-refractivity contribution >= 4 is 23.3 Å². The zero-order chi connectivity index (χ0) is 34.2. The molecule has 1 aliphatic rings. The van der Waals surface area contributed by atoms with Crippen molar-refractivity contribution in [2.75, 3.05) is 19.8 Å². The molecule has 0 aliphatic carbocycles. The highest BCUT2D eigenvalue weighted by atomic mass is 19.1. The minimum atomic E-state index is -1.18. The van der Waals surface area contributed by atoms with Crippen LogP contribution in [0.15, 0.2) is 97.1 Å². The third-order valence-corrected chi connectivity index (χ3v) is 8.13. The Balaban J connectivity index is 1.42. The van der Waals surface area contributed by atoms with E-state index in [1.165, 1.54) is 60.7 Å². The number of aryl methyl sites for hydroxylation is 1. The lowest BCUT2D eigenvalue weighted by molar-refractivity contribution is -0.385. The van der Waals surface area contributed by atoms with Crippen LogP contribution < -0.4 is 0 Å². The van der Waals surface area contributed by atoms with Crippen LogP contribution in [-0.4, -0.2) is 47.9 Å². The summed E-state index contributed by atoms with van der Waals surface area (Å²) in [5, 5.41) is 22.1. The van der Waals surface area contributed by atoms with Gasteiger partial charge in [-0.3, -0.25) is 20.2 Å². The van der Waals surface area contributed by atoms with Gasteiger partial charge in [0.25, 0.3) is 11.4 Å². The highest BCUT2D eigenvalue weighted by Gasteiger charge is 2.44. The quantitative estimate of drug-likeness (QED) is 0.0928. The summed E-state index contributed by atoms with van der Waals surface area (Å²) in [5.74, 6) is -3.61. The summed E-state index contributed by atoms with van der Waals surface area (Å²) in [6, 6.07) is 23.6. The van der Waals surface area contributed by atoms with Gasteiger partial charge in [0.05, 0.1) is 53.3 Å². The molecule has 48 heavy (non-hydrogen) atoms. The van der Waals surface area contributed by atoms with Gasteiger partial charge in [-0.2, -0.15) is 0 Å². The first-order valence-electron chi connectivity index (χ1n) is 15.0. The second-order valence-electron chi connectivity index (χ2n) is 11.3. The molecule has 0 spiro atoms.